The van der Waals surface area contributed by atoms with Crippen molar-refractivity contribution in [3.63, 3.8) is 0 Å². The highest BCUT2D eigenvalue weighted by Crippen LogP contribution is 2.23. The largest absolute Gasteiger partial charge is 0.338 e. The molecule has 5 rings (SSSR count). The fraction of sp³-hybridized carbons (Fsp3) is 0.0417. The van der Waals surface area contributed by atoms with Crippen LogP contribution in [0.1, 0.15) is 21.6 Å². The summed E-state index contributed by atoms with van der Waals surface area (Å²) in [5.74, 6) is 0.406. The maximum atomic E-state index is 13.1. The highest BCUT2D eigenvalue weighted by Gasteiger charge is 2.18. The van der Waals surface area contributed by atoms with E-state index in [0.717, 1.165) is 10.2 Å². The van der Waals surface area contributed by atoms with E-state index in [4.69, 9.17) is 0 Å². The number of nitrogens with one attached hydrogen (secondary N) is 2. The standard InChI is InChI=1S/C24H17BrN4O2/c1-14-21(24(31)29(28-14)18-10-8-17(25)9-11-18)23-26-19-12-7-16(13-20(19)27-23)22(30)15-5-3-2-4-6-15/h2-13,28H,1H3,(H,26,27). The molecule has 31 heavy (non-hydrogen) atoms. The topological polar surface area (TPSA) is 83.5 Å². The molecule has 0 aliphatic rings. The van der Waals surface area contributed by atoms with E-state index < -0.39 is 0 Å². The van der Waals surface area contributed by atoms with Crippen LogP contribution in [0.2, 0.25) is 0 Å². The lowest BCUT2D eigenvalue weighted by molar-refractivity contribution is 0.103. The Kier molecular flexibility index (Phi) is 4.67. The summed E-state index contributed by atoms with van der Waals surface area (Å²) in [6.07, 6.45) is 0. The molecule has 0 aliphatic heterocycles. The summed E-state index contributed by atoms with van der Waals surface area (Å²) in [7, 11) is 0. The van der Waals surface area contributed by atoms with Gasteiger partial charge in [-0.3, -0.25) is 14.7 Å². The van der Waals surface area contributed by atoms with Gasteiger partial charge < -0.3 is 4.98 Å². The molecule has 0 unspecified atom stereocenters. The van der Waals surface area contributed by atoms with E-state index in [2.05, 4.69) is 31.0 Å². The van der Waals surface area contributed by atoms with Gasteiger partial charge in [0.25, 0.3) is 5.56 Å². The number of nitrogens with zero attached hydrogens (tertiary/aromatic N) is 2. The SMILES string of the molecule is Cc1[nH]n(-c2ccc(Br)cc2)c(=O)c1-c1nc2ccc(C(=O)c3ccccc3)cc2[nH]1. The number of benzene rings is 3. The van der Waals surface area contributed by atoms with Crippen LogP contribution in [0.4, 0.5) is 0 Å². The molecule has 0 spiro atoms. The average Bonchev–Trinajstić information content (AvgIpc) is 3.33. The van der Waals surface area contributed by atoms with Crippen molar-refractivity contribution in [2.24, 2.45) is 0 Å². The Hall–Kier alpha value is -3.71. The van der Waals surface area contributed by atoms with E-state index in [1.54, 1.807) is 30.3 Å². The van der Waals surface area contributed by atoms with Crippen molar-refractivity contribution < 1.29 is 4.79 Å². The molecule has 0 radical (unpaired) electrons. The van der Waals surface area contributed by atoms with E-state index in [1.807, 2.05) is 49.4 Å². The minimum Gasteiger partial charge on any atom is -0.338 e. The first-order valence-corrected chi connectivity index (χ1v) is 10.5. The van der Waals surface area contributed by atoms with Crippen molar-refractivity contribution in [2.75, 3.05) is 0 Å². The predicted octanol–water partition coefficient (Wildman–Crippen LogP) is 5.01. The van der Waals surface area contributed by atoms with E-state index in [-0.39, 0.29) is 11.3 Å². The number of fused-ring (bicyclic) bond motifs is 1. The van der Waals surface area contributed by atoms with Crippen molar-refractivity contribution in [3.8, 4) is 17.1 Å². The van der Waals surface area contributed by atoms with Crippen molar-refractivity contribution >= 4 is 32.7 Å². The number of rotatable bonds is 4. The van der Waals surface area contributed by atoms with Gasteiger partial charge in [-0.15, -0.1) is 0 Å². The molecule has 0 fully saturated rings. The van der Waals surface area contributed by atoms with Crippen LogP contribution in [0, 0.1) is 6.92 Å². The number of carbonyl (C=O) groups excluding carboxylic acids is 1. The van der Waals surface area contributed by atoms with E-state index in [0.29, 0.717) is 39.2 Å². The number of ketones is 1. The molecule has 5 aromatic rings. The Morgan fingerprint density at radius 2 is 1.71 bits per heavy atom. The second kappa shape index (κ2) is 7.52. The fourth-order valence-electron chi connectivity index (χ4n) is 3.62. The van der Waals surface area contributed by atoms with Gasteiger partial charge in [-0.1, -0.05) is 46.3 Å². The van der Waals surface area contributed by atoms with Gasteiger partial charge in [0, 0.05) is 21.3 Å². The lowest BCUT2D eigenvalue weighted by Crippen LogP contribution is -2.15. The van der Waals surface area contributed by atoms with Crippen molar-refractivity contribution in [1.82, 2.24) is 19.7 Å². The Morgan fingerprint density at radius 3 is 2.45 bits per heavy atom. The van der Waals surface area contributed by atoms with Gasteiger partial charge in [0.2, 0.25) is 0 Å². The first kappa shape index (κ1) is 19.3. The molecule has 7 heteroatoms. The Morgan fingerprint density at radius 1 is 0.968 bits per heavy atom. The van der Waals surface area contributed by atoms with Crippen LogP contribution in [-0.4, -0.2) is 25.5 Å². The summed E-state index contributed by atoms with van der Waals surface area (Å²) in [6.45, 7) is 1.84. The Balaban J connectivity index is 1.56. The maximum absolute atomic E-state index is 13.1. The molecular weight excluding hydrogens is 456 g/mol. The number of H-pyrrole nitrogens is 2. The van der Waals surface area contributed by atoms with Crippen molar-refractivity contribution in [3.05, 3.63) is 104 Å². The maximum Gasteiger partial charge on any atom is 0.282 e. The van der Waals surface area contributed by atoms with Crippen molar-refractivity contribution in [2.45, 2.75) is 6.92 Å². The van der Waals surface area contributed by atoms with Crippen LogP contribution in [0.5, 0.6) is 0 Å². The number of halogens is 1. The average molecular weight is 473 g/mol. The molecule has 152 valence electrons. The van der Waals surface area contributed by atoms with Gasteiger partial charge in [-0.05, 0) is 49.4 Å². The van der Waals surface area contributed by atoms with Crippen LogP contribution in [0.15, 0.2) is 82.1 Å². The molecule has 0 saturated heterocycles. The van der Waals surface area contributed by atoms with Gasteiger partial charge in [0.05, 0.1) is 16.7 Å². The molecule has 0 amide bonds. The molecular formula is C24H17BrN4O2. The third-order valence-corrected chi connectivity index (χ3v) is 5.70. The first-order chi connectivity index (χ1) is 15.0. The molecule has 3 aromatic carbocycles. The number of hydrogen-bond donors (Lipinski definition) is 2. The van der Waals surface area contributed by atoms with Crippen molar-refractivity contribution in [1.29, 1.82) is 0 Å². The van der Waals surface area contributed by atoms with Crippen LogP contribution in [-0.2, 0) is 0 Å². The van der Waals surface area contributed by atoms with Gasteiger partial charge in [-0.25, -0.2) is 9.67 Å². The van der Waals surface area contributed by atoms with E-state index in [1.165, 1.54) is 4.68 Å². The quantitative estimate of drug-likeness (QED) is 0.360. The molecule has 2 aromatic heterocycles. The summed E-state index contributed by atoms with van der Waals surface area (Å²) >= 11 is 3.41. The lowest BCUT2D eigenvalue weighted by Gasteiger charge is -2.00. The second-order valence-corrected chi connectivity index (χ2v) is 8.16. The number of carbonyl (C=O) groups is 1. The minimum atomic E-state index is -0.195. The minimum absolute atomic E-state index is 0.0610. The van der Waals surface area contributed by atoms with E-state index >= 15 is 0 Å². The zero-order valence-electron chi connectivity index (χ0n) is 16.5. The zero-order chi connectivity index (χ0) is 21.5. The third-order valence-electron chi connectivity index (χ3n) is 5.17. The zero-order valence-corrected chi connectivity index (χ0v) is 18.1. The number of aryl methyl sites for hydroxylation is 1. The summed E-state index contributed by atoms with van der Waals surface area (Å²) < 4.78 is 2.43. The molecule has 0 bridgehead atoms. The molecule has 0 aliphatic carbocycles. The molecule has 2 heterocycles. The molecule has 2 N–H and O–H groups in total. The molecule has 0 atom stereocenters. The molecule has 0 saturated carbocycles. The monoisotopic (exact) mass is 472 g/mol. The highest BCUT2D eigenvalue weighted by molar-refractivity contribution is 9.10. The summed E-state index contributed by atoms with van der Waals surface area (Å²) in [5, 5.41) is 3.12. The van der Waals surface area contributed by atoms with Gasteiger partial charge in [0.1, 0.15) is 11.4 Å². The van der Waals surface area contributed by atoms with Gasteiger partial charge in [0.15, 0.2) is 5.78 Å². The van der Waals surface area contributed by atoms with Gasteiger partial charge in [-0.2, -0.15) is 0 Å². The van der Waals surface area contributed by atoms with Crippen LogP contribution in [0.3, 0.4) is 0 Å². The summed E-state index contributed by atoms with van der Waals surface area (Å²) in [5.41, 5.74) is 4.28. The third kappa shape index (κ3) is 3.43. The fourth-order valence-corrected chi connectivity index (χ4v) is 3.89. The number of aromatic amines is 2. The summed E-state index contributed by atoms with van der Waals surface area (Å²) in [6, 6.07) is 21.9. The van der Waals surface area contributed by atoms with Crippen LogP contribution >= 0.6 is 15.9 Å². The lowest BCUT2D eigenvalue weighted by atomic mass is 10.0. The van der Waals surface area contributed by atoms with Crippen LogP contribution in [0.25, 0.3) is 28.1 Å². The Labute approximate surface area is 185 Å². The Bertz CT molecular complexity index is 1480. The first-order valence-electron chi connectivity index (χ1n) is 9.69. The smallest absolute Gasteiger partial charge is 0.282 e. The number of imidazole rings is 1. The number of hydrogen-bond acceptors (Lipinski definition) is 3. The predicted molar refractivity (Wildman–Crippen MR) is 124 cm³/mol. The second-order valence-electron chi connectivity index (χ2n) is 7.24. The van der Waals surface area contributed by atoms with Crippen LogP contribution < -0.4 is 5.56 Å². The number of aromatic nitrogens is 4. The summed E-state index contributed by atoms with van der Waals surface area (Å²) in [4.78, 5) is 33.7. The van der Waals surface area contributed by atoms with E-state index in [9.17, 15) is 9.59 Å². The highest BCUT2D eigenvalue weighted by atomic mass is 79.9. The van der Waals surface area contributed by atoms with Gasteiger partial charge >= 0.3 is 0 Å². The normalized spacial score (nSPS) is 11.2. The molecule has 6 nitrogen and oxygen atoms in total.